The summed E-state index contributed by atoms with van der Waals surface area (Å²) in [5.41, 5.74) is 0.307. The van der Waals surface area contributed by atoms with Crippen LogP contribution >= 0.6 is 0 Å². The summed E-state index contributed by atoms with van der Waals surface area (Å²) in [6, 6.07) is 0. The first-order valence-corrected chi connectivity index (χ1v) is 3.26. The molecule has 0 aromatic rings. The Hall–Kier alpha value is -0.990. The molecule has 0 unspecified atom stereocenters. The van der Waals surface area contributed by atoms with Crippen molar-refractivity contribution in [2.75, 3.05) is 6.61 Å². The quantitative estimate of drug-likeness (QED) is 0.479. The van der Waals surface area contributed by atoms with Crippen molar-refractivity contribution >= 4 is 5.97 Å². The molecule has 0 aliphatic carbocycles. The largest absolute Gasteiger partial charge is 0.501 e. The fourth-order valence-corrected chi connectivity index (χ4v) is 0.469. The zero-order valence-corrected chi connectivity index (χ0v) is 6.26. The highest BCUT2D eigenvalue weighted by molar-refractivity contribution is 5.86. The molecule has 0 aliphatic heterocycles. The second-order valence-electron chi connectivity index (χ2n) is 1.76. The first-order valence-electron chi connectivity index (χ1n) is 3.26. The number of carboxylic acids is 1. The van der Waals surface area contributed by atoms with E-state index >= 15 is 0 Å². The van der Waals surface area contributed by atoms with Gasteiger partial charge < -0.3 is 9.84 Å². The number of carboxylic acid groups (broad SMARTS) is 1. The van der Waals surface area contributed by atoms with Crippen molar-refractivity contribution in [3.63, 3.8) is 0 Å². The van der Waals surface area contributed by atoms with Gasteiger partial charge in [0.25, 0.3) is 0 Å². The molecular weight excluding hydrogens is 132 g/mol. The van der Waals surface area contributed by atoms with Gasteiger partial charge in [-0.1, -0.05) is 6.92 Å². The molecule has 0 radical (unpaired) electrons. The van der Waals surface area contributed by atoms with Gasteiger partial charge in [0, 0.05) is 0 Å². The Kier molecular flexibility index (Phi) is 4.37. The molecule has 10 heavy (non-hydrogen) atoms. The summed E-state index contributed by atoms with van der Waals surface area (Å²) in [4.78, 5) is 10.3. The average Bonchev–Trinajstić information content (AvgIpc) is 1.89. The highest BCUT2D eigenvalue weighted by Gasteiger charge is 2.02. The minimum Gasteiger partial charge on any atom is -0.501 e. The minimum absolute atomic E-state index is 0.307. The standard InChI is InChI=1S/C7H12O3/c1-3-6(7(8)9)5-10-4-2/h5H,3-4H2,1-2H3,(H,8,9)/b6-5+. The highest BCUT2D eigenvalue weighted by Crippen LogP contribution is 1.99. The lowest BCUT2D eigenvalue weighted by Crippen LogP contribution is -1.99. The van der Waals surface area contributed by atoms with Crippen LogP contribution in [0.2, 0.25) is 0 Å². The fraction of sp³-hybridized carbons (Fsp3) is 0.571. The predicted molar refractivity (Wildman–Crippen MR) is 37.6 cm³/mol. The summed E-state index contributed by atoms with van der Waals surface area (Å²) in [7, 11) is 0. The Balaban J connectivity index is 3.91. The van der Waals surface area contributed by atoms with Crippen molar-refractivity contribution in [3.05, 3.63) is 11.8 Å². The molecule has 3 heteroatoms. The van der Waals surface area contributed by atoms with E-state index in [0.29, 0.717) is 18.6 Å². The molecule has 3 nitrogen and oxygen atoms in total. The van der Waals surface area contributed by atoms with Gasteiger partial charge in [-0.05, 0) is 13.3 Å². The lowest BCUT2D eigenvalue weighted by atomic mass is 10.2. The van der Waals surface area contributed by atoms with Crippen molar-refractivity contribution in [2.45, 2.75) is 20.3 Å². The van der Waals surface area contributed by atoms with Crippen LogP contribution < -0.4 is 0 Å². The van der Waals surface area contributed by atoms with Gasteiger partial charge in [0.2, 0.25) is 0 Å². The first kappa shape index (κ1) is 9.01. The SMILES string of the molecule is CCO/C=C(\CC)C(=O)O. The smallest absolute Gasteiger partial charge is 0.334 e. The van der Waals surface area contributed by atoms with E-state index in [2.05, 4.69) is 0 Å². The maximum Gasteiger partial charge on any atom is 0.334 e. The Morgan fingerprint density at radius 3 is 2.50 bits per heavy atom. The van der Waals surface area contributed by atoms with E-state index in [0.717, 1.165) is 0 Å². The van der Waals surface area contributed by atoms with Crippen LogP contribution in [0.1, 0.15) is 20.3 Å². The van der Waals surface area contributed by atoms with E-state index in [1.54, 1.807) is 6.92 Å². The van der Waals surface area contributed by atoms with Crippen LogP contribution in [-0.2, 0) is 9.53 Å². The molecule has 0 amide bonds. The third kappa shape index (κ3) is 3.12. The van der Waals surface area contributed by atoms with Crippen molar-refractivity contribution in [1.82, 2.24) is 0 Å². The second-order valence-corrected chi connectivity index (χ2v) is 1.76. The zero-order valence-electron chi connectivity index (χ0n) is 6.26. The molecule has 1 N–H and O–H groups in total. The van der Waals surface area contributed by atoms with Crippen molar-refractivity contribution in [1.29, 1.82) is 0 Å². The molecule has 0 aromatic carbocycles. The molecule has 0 rings (SSSR count). The van der Waals surface area contributed by atoms with Gasteiger partial charge in [-0.3, -0.25) is 0 Å². The lowest BCUT2D eigenvalue weighted by molar-refractivity contribution is -0.132. The summed E-state index contributed by atoms with van der Waals surface area (Å²) in [5, 5.41) is 8.45. The maximum atomic E-state index is 10.3. The molecule has 0 fully saturated rings. The molecule has 0 saturated carbocycles. The van der Waals surface area contributed by atoms with Gasteiger partial charge in [-0.15, -0.1) is 0 Å². The van der Waals surface area contributed by atoms with E-state index in [4.69, 9.17) is 9.84 Å². The number of rotatable bonds is 4. The molecule has 0 atom stereocenters. The Morgan fingerprint density at radius 2 is 2.20 bits per heavy atom. The summed E-state index contributed by atoms with van der Waals surface area (Å²) in [6.07, 6.45) is 1.79. The summed E-state index contributed by atoms with van der Waals surface area (Å²) in [5.74, 6) is -0.907. The zero-order chi connectivity index (χ0) is 7.98. The summed E-state index contributed by atoms with van der Waals surface area (Å²) < 4.78 is 4.80. The lowest BCUT2D eigenvalue weighted by Gasteiger charge is -1.97. The van der Waals surface area contributed by atoms with Gasteiger partial charge in [0.1, 0.15) is 0 Å². The molecule has 58 valence electrons. The molecule has 0 aromatic heterocycles. The van der Waals surface area contributed by atoms with E-state index in [1.165, 1.54) is 6.26 Å². The molecule has 0 saturated heterocycles. The number of carbonyl (C=O) groups is 1. The number of hydrogen-bond donors (Lipinski definition) is 1. The van der Waals surface area contributed by atoms with Crippen LogP contribution in [0.15, 0.2) is 11.8 Å². The van der Waals surface area contributed by atoms with E-state index in [9.17, 15) is 4.79 Å². The fourth-order valence-electron chi connectivity index (χ4n) is 0.469. The minimum atomic E-state index is -0.907. The van der Waals surface area contributed by atoms with Crippen LogP contribution in [0, 0.1) is 0 Å². The average molecular weight is 144 g/mol. The molecule has 0 spiro atoms. The molecule has 0 aliphatic rings. The second kappa shape index (κ2) is 4.85. The third-order valence-electron chi connectivity index (χ3n) is 1.05. The van der Waals surface area contributed by atoms with E-state index < -0.39 is 5.97 Å². The Labute approximate surface area is 60.3 Å². The molecule has 0 bridgehead atoms. The molecule has 0 heterocycles. The van der Waals surface area contributed by atoms with Crippen LogP contribution in [0.25, 0.3) is 0 Å². The normalized spacial score (nSPS) is 11.2. The van der Waals surface area contributed by atoms with Gasteiger partial charge in [-0.25, -0.2) is 4.79 Å². The van der Waals surface area contributed by atoms with Gasteiger partial charge in [0.05, 0.1) is 18.4 Å². The summed E-state index contributed by atoms with van der Waals surface area (Å²) >= 11 is 0. The van der Waals surface area contributed by atoms with Crippen molar-refractivity contribution < 1.29 is 14.6 Å². The monoisotopic (exact) mass is 144 g/mol. The number of hydrogen-bond acceptors (Lipinski definition) is 2. The van der Waals surface area contributed by atoms with E-state index in [-0.39, 0.29) is 0 Å². The number of aliphatic carboxylic acids is 1. The van der Waals surface area contributed by atoms with E-state index in [1.807, 2.05) is 6.92 Å². The van der Waals surface area contributed by atoms with Crippen LogP contribution in [0.4, 0.5) is 0 Å². The predicted octanol–water partition coefficient (Wildman–Crippen LogP) is 1.40. The van der Waals surface area contributed by atoms with Crippen LogP contribution in [-0.4, -0.2) is 17.7 Å². The summed E-state index contributed by atoms with van der Waals surface area (Å²) in [6.45, 7) is 4.10. The van der Waals surface area contributed by atoms with Gasteiger partial charge >= 0.3 is 5.97 Å². The van der Waals surface area contributed by atoms with Crippen molar-refractivity contribution in [2.24, 2.45) is 0 Å². The number of ether oxygens (including phenoxy) is 1. The van der Waals surface area contributed by atoms with Gasteiger partial charge in [0.15, 0.2) is 0 Å². The Morgan fingerprint density at radius 1 is 1.60 bits per heavy atom. The third-order valence-corrected chi connectivity index (χ3v) is 1.05. The maximum absolute atomic E-state index is 10.3. The Bertz CT molecular complexity index is 138. The van der Waals surface area contributed by atoms with Crippen LogP contribution in [0.5, 0.6) is 0 Å². The van der Waals surface area contributed by atoms with Gasteiger partial charge in [-0.2, -0.15) is 0 Å². The first-order chi connectivity index (χ1) is 4.72. The van der Waals surface area contributed by atoms with Crippen molar-refractivity contribution in [3.8, 4) is 0 Å². The highest BCUT2D eigenvalue weighted by atomic mass is 16.5. The van der Waals surface area contributed by atoms with Crippen LogP contribution in [0.3, 0.4) is 0 Å². The molecular formula is C7H12O3. The topological polar surface area (TPSA) is 46.5 Å².